The van der Waals surface area contributed by atoms with Crippen LogP contribution in [-0.4, -0.2) is 70.1 Å². The van der Waals surface area contributed by atoms with Crippen molar-refractivity contribution in [3.8, 4) is 0 Å². The lowest BCUT2D eigenvalue weighted by atomic mass is 10.1. The van der Waals surface area contributed by atoms with Gasteiger partial charge in [0.15, 0.2) is 0 Å². The molecule has 0 radical (unpaired) electrons. The third kappa shape index (κ3) is 3.79. The topological polar surface area (TPSA) is 85.3 Å². The van der Waals surface area contributed by atoms with Crippen molar-refractivity contribution in [1.82, 2.24) is 24.6 Å². The molecule has 8 heteroatoms. The first-order valence-corrected chi connectivity index (χ1v) is 9.42. The van der Waals surface area contributed by atoms with Gasteiger partial charge in [0, 0.05) is 13.6 Å². The number of hydrogen-bond donors (Lipinski definition) is 1. The third-order valence-electron chi connectivity index (χ3n) is 5.14. The number of aromatic amines is 1. The van der Waals surface area contributed by atoms with E-state index in [4.69, 9.17) is 9.47 Å². The number of ether oxygens (including phenoxy) is 2. The van der Waals surface area contributed by atoms with E-state index in [-0.39, 0.29) is 12.0 Å². The SMILES string of the molecule is Cc1cc2ncn(Cc3cc(C(=O)N(C)C[C@H]4COCCO4)n[nH]3)c2cc1C. The Labute approximate surface area is 163 Å². The van der Waals surface area contributed by atoms with Crippen LogP contribution in [0.25, 0.3) is 11.0 Å². The van der Waals surface area contributed by atoms with E-state index in [0.29, 0.717) is 38.6 Å². The van der Waals surface area contributed by atoms with Gasteiger partial charge in [-0.3, -0.25) is 9.89 Å². The molecule has 148 valence electrons. The Morgan fingerprint density at radius 3 is 2.89 bits per heavy atom. The van der Waals surface area contributed by atoms with Crippen LogP contribution in [0, 0.1) is 13.8 Å². The van der Waals surface area contributed by atoms with Crippen molar-refractivity contribution in [3.63, 3.8) is 0 Å². The zero-order chi connectivity index (χ0) is 19.7. The van der Waals surface area contributed by atoms with Gasteiger partial charge in [-0.1, -0.05) is 0 Å². The molecule has 1 fully saturated rings. The monoisotopic (exact) mass is 383 g/mol. The fraction of sp³-hybridized carbons (Fsp3) is 0.450. The summed E-state index contributed by atoms with van der Waals surface area (Å²) in [5.41, 5.74) is 5.73. The van der Waals surface area contributed by atoms with Crippen LogP contribution in [0.1, 0.15) is 27.3 Å². The number of imidazole rings is 1. The van der Waals surface area contributed by atoms with Crippen molar-refractivity contribution in [2.24, 2.45) is 0 Å². The molecule has 1 atom stereocenters. The number of hydrogen-bond acceptors (Lipinski definition) is 5. The van der Waals surface area contributed by atoms with E-state index < -0.39 is 0 Å². The Kier molecular flexibility index (Phi) is 5.15. The maximum atomic E-state index is 12.7. The molecule has 1 amide bonds. The highest BCUT2D eigenvalue weighted by atomic mass is 16.6. The van der Waals surface area contributed by atoms with Gasteiger partial charge >= 0.3 is 0 Å². The molecule has 0 unspecified atom stereocenters. The van der Waals surface area contributed by atoms with Crippen molar-refractivity contribution in [2.45, 2.75) is 26.5 Å². The molecule has 0 aliphatic carbocycles. The van der Waals surface area contributed by atoms with E-state index in [0.717, 1.165) is 16.7 Å². The van der Waals surface area contributed by atoms with Gasteiger partial charge in [0.05, 0.1) is 55.5 Å². The zero-order valence-corrected chi connectivity index (χ0v) is 16.4. The number of aryl methyl sites for hydroxylation is 2. The standard InChI is InChI=1S/C20H25N5O3/c1-13-6-17-19(7-14(13)2)25(12-21-17)9-15-8-18(23-22-15)20(26)24(3)10-16-11-27-4-5-28-16/h6-8,12,16H,4-5,9-11H2,1-3H3,(H,22,23)/t16-/m0/s1. The molecule has 3 heterocycles. The lowest BCUT2D eigenvalue weighted by Gasteiger charge is -2.27. The summed E-state index contributed by atoms with van der Waals surface area (Å²) in [5.74, 6) is -0.140. The van der Waals surface area contributed by atoms with Crippen molar-refractivity contribution >= 4 is 16.9 Å². The van der Waals surface area contributed by atoms with E-state index in [2.05, 4.69) is 45.7 Å². The number of H-pyrrole nitrogens is 1. The van der Waals surface area contributed by atoms with Gasteiger partial charge in [-0.05, 0) is 43.2 Å². The first kappa shape index (κ1) is 18.6. The summed E-state index contributed by atoms with van der Waals surface area (Å²) < 4.78 is 13.1. The number of aromatic nitrogens is 4. The predicted molar refractivity (Wildman–Crippen MR) is 104 cm³/mol. The van der Waals surface area contributed by atoms with Gasteiger partial charge in [-0.25, -0.2) is 4.98 Å². The molecular formula is C20H25N5O3. The fourth-order valence-electron chi connectivity index (χ4n) is 3.40. The minimum absolute atomic E-state index is 0.0925. The molecule has 8 nitrogen and oxygen atoms in total. The Morgan fingerprint density at radius 2 is 2.11 bits per heavy atom. The molecule has 4 rings (SSSR count). The van der Waals surface area contributed by atoms with Gasteiger partial charge in [-0.2, -0.15) is 5.10 Å². The number of nitrogens with zero attached hydrogens (tertiary/aromatic N) is 4. The van der Waals surface area contributed by atoms with Gasteiger partial charge in [0.25, 0.3) is 5.91 Å². The second kappa shape index (κ2) is 7.73. The Hall–Kier alpha value is -2.71. The molecule has 0 bridgehead atoms. The highest BCUT2D eigenvalue weighted by molar-refractivity contribution is 5.92. The molecule has 2 aromatic heterocycles. The van der Waals surface area contributed by atoms with Crippen LogP contribution < -0.4 is 0 Å². The predicted octanol–water partition coefficient (Wildman–Crippen LogP) is 1.91. The van der Waals surface area contributed by atoms with Crippen molar-refractivity contribution in [2.75, 3.05) is 33.4 Å². The smallest absolute Gasteiger partial charge is 0.274 e. The van der Waals surface area contributed by atoms with Crippen LogP contribution in [0.3, 0.4) is 0 Å². The maximum absolute atomic E-state index is 12.7. The average Bonchev–Trinajstić information content (AvgIpc) is 3.30. The van der Waals surface area contributed by atoms with E-state index in [1.165, 1.54) is 11.1 Å². The van der Waals surface area contributed by atoms with Gasteiger partial charge in [0.2, 0.25) is 0 Å². The number of rotatable bonds is 5. The molecule has 1 saturated heterocycles. The quantitative estimate of drug-likeness (QED) is 0.727. The molecule has 1 N–H and O–H groups in total. The molecule has 1 aliphatic rings. The first-order chi connectivity index (χ1) is 13.5. The normalized spacial score (nSPS) is 17.2. The van der Waals surface area contributed by atoms with Crippen LogP contribution in [-0.2, 0) is 16.0 Å². The molecular weight excluding hydrogens is 358 g/mol. The highest BCUT2D eigenvalue weighted by Gasteiger charge is 2.22. The first-order valence-electron chi connectivity index (χ1n) is 9.42. The number of benzene rings is 1. The van der Waals surface area contributed by atoms with E-state index in [9.17, 15) is 4.79 Å². The van der Waals surface area contributed by atoms with Crippen LogP contribution in [0.4, 0.5) is 0 Å². The Morgan fingerprint density at radius 1 is 1.29 bits per heavy atom. The van der Waals surface area contributed by atoms with Crippen LogP contribution in [0.2, 0.25) is 0 Å². The fourth-order valence-corrected chi connectivity index (χ4v) is 3.40. The summed E-state index contributed by atoms with van der Waals surface area (Å²) in [6, 6.07) is 6.03. The minimum atomic E-state index is -0.140. The number of likely N-dealkylation sites (N-methyl/N-ethyl adjacent to an activating group) is 1. The largest absolute Gasteiger partial charge is 0.376 e. The highest BCUT2D eigenvalue weighted by Crippen LogP contribution is 2.19. The average molecular weight is 383 g/mol. The lowest BCUT2D eigenvalue weighted by Crippen LogP contribution is -2.40. The summed E-state index contributed by atoms with van der Waals surface area (Å²) in [7, 11) is 1.75. The van der Waals surface area contributed by atoms with Crippen LogP contribution in [0.15, 0.2) is 24.5 Å². The summed E-state index contributed by atoms with van der Waals surface area (Å²) >= 11 is 0. The maximum Gasteiger partial charge on any atom is 0.274 e. The van der Waals surface area contributed by atoms with Crippen LogP contribution >= 0.6 is 0 Å². The van der Waals surface area contributed by atoms with Crippen molar-refractivity contribution in [1.29, 1.82) is 0 Å². The molecule has 0 spiro atoms. The number of carbonyl (C=O) groups excluding carboxylic acids is 1. The van der Waals surface area contributed by atoms with Crippen LogP contribution in [0.5, 0.6) is 0 Å². The molecule has 3 aromatic rings. The molecule has 0 saturated carbocycles. The number of nitrogens with one attached hydrogen (secondary N) is 1. The number of carbonyl (C=O) groups is 1. The molecule has 1 aromatic carbocycles. The zero-order valence-electron chi connectivity index (χ0n) is 16.4. The Bertz CT molecular complexity index is 987. The summed E-state index contributed by atoms with van der Waals surface area (Å²) in [6.07, 6.45) is 1.73. The summed E-state index contributed by atoms with van der Waals surface area (Å²) in [4.78, 5) is 18.8. The van der Waals surface area contributed by atoms with E-state index >= 15 is 0 Å². The molecule has 28 heavy (non-hydrogen) atoms. The number of amides is 1. The van der Waals surface area contributed by atoms with Crippen molar-refractivity contribution in [3.05, 3.63) is 47.0 Å². The van der Waals surface area contributed by atoms with Gasteiger partial charge in [0.1, 0.15) is 5.69 Å². The lowest BCUT2D eigenvalue weighted by molar-refractivity contribution is -0.0933. The van der Waals surface area contributed by atoms with E-state index in [1.807, 2.05) is 6.33 Å². The number of fused-ring (bicyclic) bond motifs is 1. The molecule has 1 aliphatic heterocycles. The second-order valence-corrected chi connectivity index (χ2v) is 7.33. The van der Waals surface area contributed by atoms with E-state index in [1.54, 1.807) is 18.0 Å². The summed E-state index contributed by atoms with van der Waals surface area (Å²) in [6.45, 7) is 6.91. The van der Waals surface area contributed by atoms with Crippen molar-refractivity contribution < 1.29 is 14.3 Å². The Balaban J connectivity index is 1.45. The van der Waals surface area contributed by atoms with Gasteiger partial charge in [-0.15, -0.1) is 0 Å². The van der Waals surface area contributed by atoms with Gasteiger partial charge < -0.3 is 18.9 Å². The summed E-state index contributed by atoms with van der Waals surface area (Å²) in [5, 5.41) is 7.17. The third-order valence-corrected chi connectivity index (χ3v) is 5.14. The second-order valence-electron chi connectivity index (χ2n) is 7.33. The minimum Gasteiger partial charge on any atom is -0.376 e.